The normalized spacial score (nSPS) is 20.9. The number of likely N-dealkylation sites (tertiary alicyclic amines) is 1. The molecule has 0 radical (unpaired) electrons. The summed E-state index contributed by atoms with van der Waals surface area (Å²) in [5.74, 6) is 0.734. The summed E-state index contributed by atoms with van der Waals surface area (Å²) in [4.78, 5) is 31.4. The highest BCUT2D eigenvalue weighted by Gasteiger charge is 2.33. The average molecular weight is 645 g/mol. The Hall–Kier alpha value is -3.68. The summed E-state index contributed by atoms with van der Waals surface area (Å²) < 4.78 is 7.38. The number of rotatable bonds is 7. The van der Waals surface area contributed by atoms with E-state index in [0.717, 1.165) is 60.4 Å². The Morgan fingerprint density at radius 2 is 1.91 bits per heavy atom. The van der Waals surface area contributed by atoms with Gasteiger partial charge in [0, 0.05) is 66.3 Å². The number of fused-ring (bicyclic) bond motifs is 2. The maximum atomic E-state index is 12.6. The van der Waals surface area contributed by atoms with Crippen molar-refractivity contribution < 1.29 is 9.53 Å². The molecule has 0 unspecified atom stereocenters. The highest BCUT2D eigenvalue weighted by atomic mass is 79.9. The van der Waals surface area contributed by atoms with Crippen LogP contribution >= 0.6 is 15.9 Å². The standard InChI is InChI=1S/C33H38BrN7O2/c1-3-30(42)41-20-19-40(21-24(41)12-15-35)32-26-13-17-39(29-11-5-8-23-7-4-10-27(34)31(23)29)18-14-28(26)36-33(37-32)43-22-25-9-6-16-38(25)2/h3-5,7-8,10-11,24-25H,1,6,9,12-14,16-22H2,2H3/t24-,25-/m0/s1. The number of carbonyl (C=O) groups excluding carboxylic acids is 1. The molecule has 1 amide bonds. The largest absolute Gasteiger partial charge is 0.462 e. The number of hydrogen-bond acceptors (Lipinski definition) is 8. The fraction of sp³-hybridized carbons (Fsp3) is 0.455. The van der Waals surface area contributed by atoms with E-state index in [0.29, 0.717) is 38.3 Å². The number of nitriles is 1. The third-order valence-corrected chi connectivity index (χ3v) is 9.78. The first-order valence-corrected chi connectivity index (χ1v) is 16.0. The summed E-state index contributed by atoms with van der Waals surface area (Å²) in [6, 6.07) is 15.6. The van der Waals surface area contributed by atoms with Crippen LogP contribution in [-0.2, 0) is 17.6 Å². The van der Waals surface area contributed by atoms with E-state index in [2.05, 4.69) is 86.7 Å². The molecule has 0 bridgehead atoms. The number of nitrogens with zero attached hydrogens (tertiary/aromatic N) is 7. The second-order valence-corrected chi connectivity index (χ2v) is 12.5. The lowest BCUT2D eigenvalue weighted by Crippen LogP contribution is -2.55. The van der Waals surface area contributed by atoms with Gasteiger partial charge in [-0.3, -0.25) is 4.79 Å². The molecule has 2 aromatic carbocycles. The van der Waals surface area contributed by atoms with Crippen molar-refractivity contribution >= 4 is 44.1 Å². The molecule has 43 heavy (non-hydrogen) atoms. The molecule has 3 aliphatic rings. The van der Waals surface area contributed by atoms with E-state index in [9.17, 15) is 10.1 Å². The molecule has 4 heterocycles. The average Bonchev–Trinajstić information content (AvgIpc) is 3.31. The minimum absolute atomic E-state index is 0.136. The van der Waals surface area contributed by atoms with Gasteiger partial charge in [0.1, 0.15) is 12.4 Å². The molecule has 2 atom stereocenters. The number of likely N-dealkylation sites (N-methyl/N-ethyl adjacent to an activating group) is 1. The van der Waals surface area contributed by atoms with E-state index in [1.165, 1.54) is 29.0 Å². The lowest BCUT2D eigenvalue weighted by Gasteiger charge is -2.41. The lowest BCUT2D eigenvalue weighted by molar-refractivity contribution is -0.128. The summed E-state index contributed by atoms with van der Waals surface area (Å²) in [7, 11) is 2.14. The molecule has 0 aliphatic carbocycles. The zero-order chi connectivity index (χ0) is 29.9. The summed E-state index contributed by atoms with van der Waals surface area (Å²) in [6.07, 6.45) is 5.43. The van der Waals surface area contributed by atoms with Crippen LogP contribution in [0.1, 0.15) is 30.5 Å². The zero-order valence-electron chi connectivity index (χ0n) is 24.7. The van der Waals surface area contributed by atoms with Crippen LogP contribution in [0.15, 0.2) is 53.5 Å². The maximum absolute atomic E-state index is 12.6. The van der Waals surface area contributed by atoms with Gasteiger partial charge in [-0.2, -0.15) is 15.2 Å². The molecular weight excluding hydrogens is 606 g/mol. The SMILES string of the molecule is C=CC(=O)N1CCN(c2nc(OC[C@@H]3CCCN3C)nc3c2CCN(c2cccc4cccc(Br)c24)CC3)C[C@@H]1CC#N. The quantitative estimate of drug-likeness (QED) is 0.346. The summed E-state index contributed by atoms with van der Waals surface area (Å²) in [5, 5.41) is 12.0. The third kappa shape index (κ3) is 6.06. The van der Waals surface area contributed by atoms with E-state index in [1.807, 2.05) is 0 Å². The van der Waals surface area contributed by atoms with Gasteiger partial charge in [-0.1, -0.05) is 46.8 Å². The first-order chi connectivity index (χ1) is 21.0. The summed E-state index contributed by atoms with van der Waals surface area (Å²) >= 11 is 3.79. The predicted octanol–water partition coefficient (Wildman–Crippen LogP) is 4.59. The Morgan fingerprint density at radius 1 is 1.09 bits per heavy atom. The van der Waals surface area contributed by atoms with E-state index in [-0.39, 0.29) is 18.4 Å². The lowest BCUT2D eigenvalue weighted by atomic mass is 10.1. The van der Waals surface area contributed by atoms with Crippen molar-refractivity contribution in [1.29, 1.82) is 5.26 Å². The monoisotopic (exact) mass is 643 g/mol. The van der Waals surface area contributed by atoms with E-state index in [1.54, 1.807) is 4.90 Å². The highest BCUT2D eigenvalue weighted by molar-refractivity contribution is 9.10. The van der Waals surface area contributed by atoms with Gasteiger partial charge in [0.05, 0.1) is 24.2 Å². The fourth-order valence-electron chi connectivity index (χ4n) is 6.76. The third-order valence-electron chi connectivity index (χ3n) is 9.12. The number of anilines is 2. The van der Waals surface area contributed by atoms with Gasteiger partial charge in [0.2, 0.25) is 5.91 Å². The molecule has 2 saturated heterocycles. The number of ether oxygens (including phenoxy) is 1. The number of benzene rings is 2. The van der Waals surface area contributed by atoms with Crippen molar-refractivity contribution in [3.63, 3.8) is 0 Å². The maximum Gasteiger partial charge on any atom is 0.318 e. The van der Waals surface area contributed by atoms with Crippen molar-refractivity contribution in [2.75, 3.05) is 62.7 Å². The Labute approximate surface area is 261 Å². The van der Waals surface area contributed by atoms with Crippen LogP contribution in [0.25, 0.3) is 10.8 Å². The minimum Gasteiger partial charge on any atom is -0.462 e. The van der Waals surface area contributed by atoms with Gasteiger partial charge in [-0.25, -0.2) is 0 Å². The van der Waals surface area contributed by atoms with Crippen molar-refractivity contribution in [3.8, 4) is 12.1 Å². The topological polar surface area (TPSA) is 88.8 Å². The molecular formula is C33H38BrN7O2. The molecule has 3 aliphatic heterocycles. The zero-order valence-corrected chi connectivity index (χ0v) is 26.3. The second kappa shape index (κ2) is 12.9. The molecule has 6 rings (SSSR count). The molecule has 2 fully saturated rings. The minimum atomic E-state index is -0.235. The number of hydrogen-bond donors (Lipinski definition) is 0. The Kier molecular flexibility index (Phi) is 8.82. The first kappa shape index (κ1) is 29.4. The number of halogens is 1. The van der Waals surface area contributed by atoms with Gasteiger partial charge in [0.25, 0.3) is 0 Å². The molecule has 0 N–H and O–H groups in total. The highest BCUT2D eigenvalue weighted by Crippen LogP contribution is 2.36. The smallest absolute Gasteiger partial charge is 0.318 e. The van der Waals surface area contributed by atoms with Crippen LogP contribution in [-0.4, -0.2) is 90.7 Å². The Balaban J connectivity index is 1.32. The van der Waals surface area contributed by atoms with E-state index < -0.39 is 0 Å². The van der Waals surface area contributed by atoms with E-state index in [4.69, 9.17) is 14.7 Å². The van der Waals surface area contributed by atoms with Crippen LogP contribution in [0.2, 0.25) is 0 Å². The Morgan fingerprint density at radius 3 is 2.67 bits per heavy atom. The molecule has 0 saturated carbocycles. The van der Waals surface area contributed by atoms with Crippen LogP contribution < -0.4 is 14.5 Å². The van der Waals surface area contributed by atoms with Crippen LogP contribution in [0, 0.1) is 11.3 Å². The van der Waals surface area contributed by atoms with Crippen LogP contribution in [0.5, 0.6) is 6.01 Å². The molecule has 9 nitrogen and oxygen atoms in total. The number of carbonyl (C=O) groups is 1. The Bertz CT molecular complexity index is 1550. The van der Waals surface area contributed by atoms with Gasteiger partial charge in [0.15, 0.2) is 0 Å². The molecule has 3 aromatic rings. The molecule has 10 heteroatoms. The van der Waals surface area contributed by atoms with Crippen molar-refractivity contribution in [3.05, 3.63) is 64.8 Å². The molecule has 0 spiro atoms. The van der Waals surface area contributed by atoms with Crippen molar-refractivity contribution in [2.24, 2.45) is 0 Å². The molecule has 224 valence electrons. The summed E-state index contributed by atoms with van der Waals surface area (Å²) in [5.41, 5.74) is 3.35. The fourth-order valence-corrected chi connectivity index (χ4v) is 7.34. The van der Waals surface area contributed by atoms with Gasteiger partial charge in [-0.15, -0.1) is 0 Å². The van der Waals surface area contributed by atoms with Gasteiger partial charge in [-0.05, 0) is 56.4 Å². The first-order valence-electron chi connectivity index (χ1n) is 15.2. The number of piperazine rings is 1. The number of aromatic nitrogens is 2. The van der Waals surface area contributed by atoms with Gasteiger partial charge >= 0.3 is 6.01 Å². The van der Waals surface area contributed by atoms with E-state index >= 15 is 0 Å². The predicted molar refractivity (Wildman–Crippen MR) is 173 cm³/mol. The van der Waals surface area contributed by atoms with Crippen molar-refractivity contribution in [2.45, 2.75) is 44.2 Å². The van der Waals surface area contributed by atoms with Crippen molar-refractivity contribution in [1.82, 2.24) is 19.8 Å². The molecule has 1 aromatic heterocycles. The number of amides is 1. The van der Waals surface area contributed by atoms with Crippen LogP contribution in [0.4, 0.5) is 11.5 Å². The second-order valence-electron chi connectivity index (χ2n) is 11.6. The summed E-state index contributed by atoms with van der Waals surface area (Å²) in [6.45, 7) is 8.62. The van der Waals surface area contributed by atoms with Gasteiger partial charge < -0.3 is 24.3 Å². The van der Waals surface area contributed by atoms with Crippen LogP contribution in [0.3, 0.4) is 0 Å².